The number of aliphatic hydroxyl groups is 1. The van der Waals surface area contributed by atoms with Crippen LogP contribution in [0.5, 0.6) is 0 Å². The first-order valence-corrected chi connectivity index (χ1v) is 11.2. The molecule has 0 fully saturated rings. The van der Waals surface area contributed by atoms with Gasteiger partial charge in [-0.25, -0.2) is 9.59 Å². The van der Waals surface area contributed by atoms with Gasteiger partial charge in [-0.1, -0.05) is 50.0 Å². The summed E-state index contributed by atoms with van der Waals surface area (Å²) in [5.74, 6) is -0.818. The van der Waals surface area contributed by atoms with Gasteiger partial charge in [-0.15, -0.1) is 0 Å². The summed E-state index contributed by atoms with van der Waals surface area (Å²) in [5.41, 5.74) is 0.590. The van der Waals surface area contributed by atoms with E-state index in [1.54, 1.807) is 30.3 Å². The molecule has 0 saturated carbocycles. The minimum atomic E-state index is -1.51. The Balaban J connectivity index is 2.74. The molecule has 128 valence electrons. The van der Waals surface area contributed by atoms with Gasteiger partial charge < -0.3 is 19.9 Å². The van der Waals surface area contributed by atoms with E-state index in [9.17, 15) is 14.7 Å². The maximum Gasteiger partial charge on any atom is 0.407 e. The largest absolute Gasteiger partial charge is 0.467 e. The van der Waals surface area contributed by atoms with Crippen molar-refractivity contribution in [2.75, 3.05) is 13.7 Å². The number of benzene rings is 1. The van der Waals surface area contributed by atoms with Gasteiger partial charge in [0, 0.05) is 8.07 Å². The lowest BCUT2D eigenvalue weighted by Crippen LogP contribution is -2.41. The topological polar surface area (TPSA) is 84.9 Å². The highest BCUT2D eigenvalue weighted by atomic mass is 28.3. The third-order valence-electron chi connectivity index (χ3n) is 3.28. The quantitative estimate of drug-likeness (QED) is 0.588. The molecule has 1 aromatic carbocycles. The van der Waals surface area contributed by atoms with Crippen LogP contribution in [0.25, 0.3) is 0 Å². The number of amides is 1. The number of alkyl carbamates (subject to hydrolysis) is 1. The van der Waals surface area contributed by atoms with Gasteiger partial charge >= 0.3 is 12.1 Å². The van der Waals surface area contributed by atoms with Crippen molar-refractivity contribution in [3.05, 3.63) is 35.9 Å². The van der Waals surface area contributed by atoms with E-state index in [0.717, 1.165) is 6.04 Å². The van der Waals surface area contributed by atoms with E-state index in [-0.39, 0.29) is 0 Å². The van der Waals surface area contributed by atoms with E-state index in [4.69, 9.17) is 4.74 Å². The molecule has 23 heavy (non-hydrogen) atoms. The lowest BCUT2D eigenvalue weighted by molar-refractivity contribution is -0.152. The van der Waals surface area contributed by atoms with Gasteiger partial charge in [0.25, 0.3) is 0 Å². The molecule has 0 aliphatic heterocycles. The van der Waals surface area contributed by atoms with Gasteiger partial charge in [0.15, 0.2) is 6.10 Å². The third kappa shape index (κ3) is 6.83. The average Bonchev–Trinajstić information content (AvgIpc) is 2.50. The lowest BCUT2D eigenvalue weighted by atomic mass is 10.0. The molecule has 0 aliphatic rings. The summed E-state index contributed by atoms with van der Waals surface area (Å²) in [6, 6.07) is 8.64. The van der Waals surface area contributed by atoms with Gasteiger partial charge in [-0.05, 0) is 11.6 Å². The number of rotatable bonds is 7. The van der Waals surface area contributed by atoms with Crippen molar-refractivity contribution >= 4 is 20.1 Å². The number of hydrogen-bond donors (Lipinski definition) is 2. The van der Waals surface area contributed by atoms with Gasteiger partial charge in [0.05, 0.1) is 19.8 Å². The highest BCUT2D eigenvalue weighted by Gasteiger charge is 2.30. The smallest absolute Gasteiger partial charge is 0.407 e. The van der Waals surface area contributed by atoms with E-state index >= 15 is 0 Å². The van der Waals surface area contributed by atoms with Gasteiger partial charge in [0.2, 0.25) is 0 Å². The number of carbonyl (C=O) groups is 2. The van der Waals surface area contributed by atoms with Gasteiger partial charge in [0.1, 0.15) is 0 Å². The van der Waals surface area contributed by atoms with E-state index in [1.165, 1.54) is 7.11 Å². The summed E-state index contributed by atoms with van der Waals surface area (Å²) in [5, 5.41) is 12.6. The van der Waals surface area contributed by atoms with Crippen LogP contribution in [0.15, 0.2) is 30.3 Å². The molecule has 0 aliphatic carbocycles. The fraction of sp³-hybridized carbons (Fsp3) is 0.500. The molecule has 6 nitrogen and oxygen atoms in total. The molecule has 2 N–H and O–H groups in total. The van der Waals surface area contributed by atoms with Crippen molar-refractivity contribution in [2.45, 2.75) is 37.8 Å². The van der Waals surface area contributed by atoms with E-state index in [1.807, 2.05) is 0 Å². The third-order valence-corrected chi connectivity index (χ3v) is 4.98. The van der Waals surface area contributed by atoms with Crippen molar-refractivity contribution in [3.8, 4) is 0 Å². The maximum absolute atomic E-state index is 11.9. The average molecular weight is 339 g/mol. The number of aliphatic hydroxyl groups excluding tert-OH is 1. The molecule has 0 unspecified atom stereocenters. The second-order valence-electron chi connectivity index (χ2n) is 6.45. The predicted molar refractivity (Wildman–Crippen MR) is 89.8 cm³/mol. The second-order valence-corrected chi connectivity index (χ2v) is 12.1. The Morgan fingerprint density at radius 1 is 1.22 bits per heavy atom. The molecule has 0 spiro atoms. The maximum atomic E-state index is 11.9. The van der Waals surface area contributed by atoms with Crippen LogP contribution in [0.4, 0.5) is 4.79 Å². The number of methoxy groups -OCH3 is 1. The zero-order valence-corrected chi connectivity index (χ0v) is 15.0. The molecule has 1 aromatic rings. The SMILES string of the molecule is COC(=O)[C@@H](O)[C@H](NC(=O)OCC[Si](C)(C)C)c1ccccc1. The summed E-state index contributed by atoms with van der Waals surface area (Å²) < 4.78 is 9.70. The highest BCUT2D eigenvalue weighted by Crippen LogP contribution is 2.18. The van der Waals surface area contributed by atoms with Crippen LogP contribution in [0, 0.1) is 0 Å². The molecule has 7 heteroatoms. The molecular weight excluding hydrogens is 314 g/mol. The number of nitrogens with one attached hydrogen (secondary N) is 1. The van der Waals surface area contributed by atoms with Crippen LogP contribution in [0.2, 0.25) is 25.7 Å². The first-order valence-electron chi connectivity index (χ1n) is 7.49. The molecule has 0 aromatic heterocycles. The number of ether oxygens (including phenoxy) is 2. The van der Waals surface area contributed by atoms with E-state index < -0.39 is 32.3 Å². The predicted octanol–water partition coefficient (Wildman–Crippen LogP) is 2.33. The van der Waals surface area contributed by atoms with Crippen molar-refractivity contribution < 1.29 is 24.2 Å². The minimum absolute atomic E-state index is 0.317. The fourth-order valence-electron chi connectivity index (χ4n) is 1.88. The van der Waals surface area contributed by atoms with Crippen LogP contribution in [0.1, 0.15) is 11.6 Å². The molecule has 0 radical (unpaired) electrons. The number of carbonyl (C=O) groups excluding carboxylic acids is 2. The van der Waals surface area contributed by atoms with Gasteiger partial charge in [-0.3, -0.25) is 0 Å². The van der Waals surface area contributed by atoms with Crippen LogP contribution in [-0.2, 0) is 14.3 Å². The van der Waals surface area contributed by atoms with Crippen molar-refractivity contribution in [1.82, 2.24) is 5.32 Å². The zero-order chi connectivity index (χ0) is 17.5. The Bertz CT molecular complexity index is 515. The Kier molecular flexibility index (Phi) is 7.25. The van der Waals surface area contributed by atoms with Crippen molar-refractivity contribution in [3.63, 3.8) is 0 Å². The summed E-state index contributed by atoms with van der Waals surface area (Å²) in [4.78, 5) is 23.5. The minimum Gasteiger partial charge on any atom is -0.467 e. The fourth-order valence-corrected chi connectivity index (χ4v) is 2.59. The standard InChI is InChI=1S/C16H25NO5Si/c1-21-15(19)14(18)13(12-8-6-5-7-9-12)17-16(20)22-10-11-23(2,3)4/h5-9,13-14,18H,10-11H2,1-4H3,(H,17,20)/t13-,14+/m1/s1. The normalized spacial score (nSPS) is 13.8. The summed E-state index contributed by atoms with van der Waals surface area (Å²) in [7, 11) is -0.121. The molecule has 1 amide bonds. The summed E-state index contributed by atoms with van der Waals surface area (Å²) in [6.45, 7) is 6.86. The molecule has 1 rings (SSSR count). The highest BCUT2D eigenvalue weighted by molar-refractivity contribution is 6.76. The monoisotopic (exact) mass is 339 g/mol. The molecular formula is C16H25NO5Si. The second kappa shape index (κ2) is 8.69. The van der Waals surface area contributed by atoms with Crippen LogP contribution in [-0.4, -0.2) is 45.1 Å². The van der Waals surface area contributed by atoms with E-state index in [0.29, 0.717) is 12.2 Å². The van der Waals surface area contributed by atoms with Crippen molar-refractivity contribution in [1.29, 1.82) is 0 Å². The van der Waals surface area contributed by atoms with Crippen LogP contribution < -0.4 is 5.32 Å². The Labute approximate surface area is 137 Å². The molecule has 2 atom stereocenters. The lowest BCUT2D eigenvalue weighted by Gasteiger charge is -2.23. The number of esters is 1. The molecule has 0 heterocycles. The van der Waals surface area contributed by atoms with Crippen LogP contribution in [0.3, 0.4) is 0 Å². The molecule has 0 bridgehead atoms. The Morgan fingerprint density at radius 3 is 2.35 bits per heavy atom. The van der Waals surface area contributed by atoms with Gasteiger partial charge in [-0.2, -0.15) is 0 Å². The summed E-state index contributed by atoms with van der Waals surface area (Å²) >= 11 is 0. The Morgan fingerprint density at radius 2 is 1.83 bits per heavy atom. The Hall–Kier alpha value is -1.86. The van der Waals surface area contributed by atoms with Crippen LogP contribution >= 0.6 is 0 Å². The van der Waals surface area contributed by atoms with E-state index in [2.05, 4.69) is 29.7 Å². The first kappa shape index (κ1) is 19.2. The molecule has 0 saturated heterocycles. The first-order chi connectivity index (χ1) is 10.7. The zero-order valence-electron chi connectivity index (χ0n) is 14.0. The van der Waals surface area contributed by atoms with Crippen molar-refractivity contribution in [2.24, 2.45) is 0 Å². The number of hydrogen-bond acceptors (Lipinski definition) is 5. The summed E-state index contributed by atoms with van der Waals surface area (Å²) in [6.07, 6.45) is -2.17.